The molecule has 9 nitrogen and oxygen atoms in total. The van der Waals surface area contributed by atoms with Gasteiger partial charge in [0, 0.05) is 24.4 Å². The summed E-state index contributed by atoms with van der Waals surface area (Å²) in [7, 11) is -3.26. The maximum Gasteiger partial charge on any atom is 0.275 e. The highest BCUT2D eigenvalue weighted by atomic mass is 32.2. The van der Waals surface area contributed by atoms with Gasteiger partial charge in [0.05, 0.1) is 11.9 Å². The first-order valence-electron chi connectivity index (χ1n) is 8.17. The van der Waals surface area contributed by atoms with Gasteiger partial charge in [0.1, 0.15) is 11.4 Å². The fourth-order valence-electron chi connectivity index (χ4n) is 2.19. The second-order valence-electron chi connectivity index (χ2n) is 5.71. The van der Waals surface area contributed by atoms with Gasteiger partial charge in [0.25, 0.3) is 11.8 Å². The minimum Gasteiger partial charge on any atom is -0.437 e. The lowest BCUT2D eigenvalue weighted by atomic mass is 10.3. The van der Waals surface area contributed by atoms with Gasteiger partial charge in [0.15, 0.2) is 15.5 Å². The molecule has 144 valence electrons. The first-order chi connectivity index (χ1) is 13.4. The molecule has 0 radical (unpaired) electrons. The van der Waals surface area contributed by atoms with Crippen LogP contribution in [0.15, 0.2) is 60.3 Å². The number of rotatable bonds is 7. The minimum absolute atomic E-state index is 0.0145. The van der Waals surface area contributed by atoms with Crippen molar-refractivity contribution >= 4 is 15.7 Å². The molecule has 2 aromatic heterocycles. The standard InChI is InChI=1S/C18H17N5O4S/c1-28(25,26)11-5-9-19-17(24)16-18(27-13-6-3-2-4-7-13)22-15(12-20-16)14-8-10-21-23-14/h2-8,10-12H,9H2,1H3,(H,19,24)(H,21,23)/b11-5+. The zero-order valence-corrected chi connectivity index (χ0v) is 15.7. The van der Waals surface area contributed by atoms with Crippen LogP contribution in [0.25, 0.3) is 11.4 Å². The minimum atomic E-state index is -3.26. The zero-order chi connectivity index (χ0) is 20.0. The molecule has 0 aliphatic carbocycles. The summed E-state index contributed by atoms with van der Waals surface area (Å²) in [6.07, 6.45) is 5.39. The highest BCUT2D eigenvalue weighted by Crippen LogP contribution is 2.24. The number of aromatic nitrogens is 4. The van der Waals surface area contributed by atoms with Gasteiger partial charge < -0.3 is 10.1 Å². The molecule has 0 aliphatic rings. The SMILES string of the molecule is CS(=O)(=O)/C=C/CNC(=O)c1ncc(-c2ccn[nH]2)nc1Oc1ccccc1. The van der Waals surface area contributed by atoms with Crippen LogP contribution in [0.2, 0.25) is 0 Å². The molecule has 0 aliphatic heterocycles. The van der Waals surface area contributed by atoms with Crippen molar-refractivity contribution in [3.05, 3.63) is 66.0 Å². The number of para-hydroxylation sites is 1. The first kappa shape index (κ1) is 19.2. The summed E-state index contributed by atoms with van der Waals surface area (Å²) in [4.78, 5) is 21.0. The monoisotopic (exact) mass is 399 g/mol. The summed E-state index contributed by atoms with van der Waals surface area (Å²) in [6, 6.07) is 10.6. The van der Waals surface area contributed by atoms with Crippen molar-refractivity contribution < 1.29 is 17.9 Å². The van der Waals surface area contributed by atoms with Crippen LogP contribution in [0.3, 0.4) is 0 Å². The Balaban J connectivity index is 1.86. The van der Waals surface area contributed by atoms with Crippen molar-refractivity contribution in [1.29, 1.82) is 0 Å². The van der Waals surface area contributed by atoms with Crippen LogP contribution in [0.4, 0.5) is 0 Å². The molecular formula is C18H17N5O4S. The highest BCUT2D eigenvalue weighted by Gasteiger charge is 2.18. The van der Waals surface area contributed by atoms with E-state index in [0.29, 0.717) is 17.1 Å². The lowest BCUT2D eigenvalue weighted by Crippen LogP contribution is -2.25. The number of ether oxygens (including phenoxy) is 1. The number of amides is 1. The van der Waals surface area contributed by atoms with E-state index >= 15 is 0 Å². The number of aromatic amines is 1. The smallest absolute Gasteiger partial charge is 0.275 e. The largest absolute Gasteiger partial charge is 0.437 e. The van der Waals surface area contributed by atoms with Gasteiger partial charge in [-0.15, -0.1) is 0 Å². The van der Waals surface area contributed by atoms with Gasteiger partial charge in [-0.1, -0.05) is 24.3 Å². The Hall–Kier alpha value is -3.53. The highest BCUT2D eigenvalue weighted by molar-refractivity contribution is 7.93. The maximum absolute atomic E-state index is 12.5. The number of nitrogens with zero attached hydrogens (tertiary/aromatic N) is 3. The summed E-state index contributed by atoms with van der Waals surface area (Å²) in [6.45, 7) is 0.0145. The molecule has 3 aromatic rings. The Morgan fingerprint density at radius 2 is 2.04 bits per heavy atom. The number of sulfone groups is 1. The number of carbonyl (C=O) groups is 1. The van der Waals surface area contributed by atoms with Crippen molar-refractivity contribution in [1.82, 2.24) is 25.5 Å². The van der Waals surface area contributed by atoms with E-state index in [2.05, 4.69) is 25.5 Å². The summed E-state index contributed by atoms with van der Waals surface area (Å²) < 4.78 is 28.0. The van der Waals surface area contributed by atoms with Crippen molar-refractivity contribution in [2.75, 3.05) is 12.8 Å². The Labute approximate surface area is 161 Å². The van der Waals surface area contributed by atoms with Crippen molar-refractivity contribution in [3.8, 4) is 23.0 Å². The molecular weight excluding hydrogens is 382 g/mol. The molecule has 0 unspecified atom stereocenters. The summed E-state index contributed by atoms with van der Waals surface area (Å²) >= 11 is 0. The van der Waals surface area contributed by atoms with Gasteiger partial charge in [-0.05, 0) is 18.2 Å². The quantitative estimate of drug-likeness (QED) is 0.621. The molecule has 0 spiro atoms. The fourth-order valence-corrected chi connectivity index (χ4v) is 2.63. The van der Waals surface area contributed by atoms with Crippen molar-refractivity contribution in [2.24, 2.45) is 0 Å². The number of hydrogen-bond acceptors (Lipinski definition) is 7. The van der Waals surface area contributed by atoms with Gasteiger partial charge in [-0.25, -0.2) is 18.4 Å². The van der Waals surface area contributed by atoms with Crippen LogP contribution in [0, 0.1) is 0 Å². The van der Waals surface area contributed by atoms with Gasteiger partial charge in [-0.3, -0.25) is 9.89 Å². The van der Waals surface area contributed by atoms with Gasteiger partial charge >= 0.3 is 0 Å². The lowest BCUT2D eigenvalue weighted by molar-refractivity contribution is 0.0949. The second kappa shape index (κ2) is 8.44. The van der Waals surface area contributed by atoms with E-state index in [4.69, 9.17) is 4.74 Å². The molecule has 28 heavy (non-hydrogen) atoms. The lowest BCUT2D eigenvalue weighted by Gasteiger charge is -2.10. The Bertz CT molecular complexity index is 1080. The van der Waals surface area contributed by atoms with E-state index in [1.807, 2.05) is 6.07 Å². The molecule has 0 atom stereocenters. The summed E-state index contributed by atoms with van der Waals surface area (Å²) in [5.41, 5.74) is 1.05. The van der Waals surface area contributed by atoms with E-state index in [0.717, 1.165) is 11.7 Å². The number of carbonyl (C=O) groups excluding carboxylic acids is 1. The molecule has 1 aromatic carbocycles. The normalized spacial score (nSPS) is 11.5. The number of H-pyrrole nitrogens is 1. The van der Waals surface area contributed by atoms with Gasteiger partial charge in [0.2, 0.25) is 0 Å². The van der Waals surface area contributed by atoms with Crippen LogP contribution in [-0.2, 0) is 9.84 Å². The Morgan fingerprint density at radius 1 is 1.25 bits per heavy atom. The molecule has 0 saturated carbocycles. The topological polar surface area (TPSA) is 127 Å². The molecule has 3 rings (SSSR count). The third kappa shape index (κ3) is 5.24. The molecule has 1 amide bonds. The Kier molecular flexibility index (Phi) is 5.80. The molecule has 0 fully saturated rings. The number of nitrogens with one attached hydrogen (secondary N) is 2. The van der Waals surface area contributed by atoms with E-state index in [1.165, 1.54) is 12.3 Å². The first-order valence-corrected chi connectivity index (χ1v) is 10.1. The van der Waals surface area contributed by atoms with Crippen molar-refractivity contribution in [3.63, 3.8) is 0 Å². The summed E-state index contributed by atoms with van der Waals surface area (Å²) in [5, 5.41) is 10.2. The molecule has 10 heteroatoms. The maximum atomic E-state index is 12.5. The molecule has 0 saturated heterocycles. The molecule has 0 bridgehead atoms. The average Bonchev–Trinajstić information content (AvgIpc) is 3.20. The van der Waals surface area contributed by atoms with Crippen molar-refractivity contribution in [2.45, 2.75) is 0 Å². The summed E-state index contributed by atoms with van der Waals surface area (Å²) in [5.74, 6) is -0.0415. The second-order valence-corrected chi connectivity index (χ2v) is 7.64. The van der Waals surface area contributed by atoms with E-state index in [1.54, 1.807) is 36.5 Å². The van der Waals surface area contributed by atoms with Gasteiger partial charge in [-0.2, -0.15) is 5.10 Å². The number of benzene rings is 1. The predicted octanol–water partition coefficient (Wildman–Crippen LogP) is 1.95. The van der Waals surface area contributed by atoms with Crippen LogP contribution in [0.1, 0.15) is 10.5 Å². The fraction of sp³-hybridized carbons (Fsp3) is 0.111. The third-order valence-electron chi connectivity index (χ3n) is 3.41. The zero-order valence-electron chi connectivity index (χ0n) is 14.9. The van der Waals surface area contributed by atoms with E-state index < -0.39 is 15.7 Å². The van der Waals surface area contributed by atoms with E-state index in [-0.39, 0.29) is 18.1 Å². The van der Waals surface area contributed by atoms with Crippen LogP contribution < -0.4 is 10.1 Å². The van der Waals surface area contributed by atoms with Crippen LogP contribution in [0.5, 0.6) is 11.6 Å². The third-order valence-corrected chi connectivity index (χ3v) is 4.10. The Morgan fingerprint density at radius 3 is 2.71 bits per heavy atom. The molecule has 2 N–H and O–H groups in total. The average molecular weight is 399 g/mol. The predicted molar refractivity (Wildman–Crippen MR) is 102 cm³/mol. The van der Waals surface area contributed by atoms with Crippen LogP contribution >= 0.6 is 0 Å². The number of hydrogen-bond donors (Lipinski definition) is 2. The van der Waals surface area contributed by atoms with Crippen LogP contribution in [-0.4, -0.2) is 47.3 Å². The van der Waals surface area contributed by atoms with E-state index in [9.17, 15) is 13.2 Å². The molecule has 2 heterocycles.